The van der Waals surface area contributed by atoms with Gasteiger partial charge in [0.15, 0.2) is 5.58 Å². The zero-order valence-electron chi connectivity index (χ0n) is 9.40. The number of benzene rings is 1. The van der Waals surface area contributed by atoms with E-state index in [1.165, 1.54) is 0 Å². The highest BCUT2D eigenvalue weighted by Gasteiger charge is 2.47. The van der Waals surface area contributed by atoms with Crippen LogP contribution in [0.15, 0.2) is 27.4 Å². The number of oxazole rings is 1. The van der Waals surface area contributed by atoms with Gasteiger partial charge in [-0.2, -0.15) is 0 Å². The van der Waals surface area contributed by atoms with Gasteiger partial charge in [0.1, 0.15) is 0 Å². The van der Waals surface area contributed by atoms with Crippen LogP contribution in [0.2, 0.25) is 0 Å². The predicted octanol–water partition coefficient (Wildman–Crippen LogP) is 0.860. The van der Waals surface area contributed by atoms with E-state index in [2.05, 4.69) is 4.98 Å². The second kappa shape index (κ2) is 3.45. The largest absolute Gasteiger partial charge is 0.417 e. The van der Waals surface area contributed by atoms with Gasteiger partial charge in [0.05, 0.1) is 5.52 Å². The van der Waals surface area contributed by atoms with Gasteiger partial charge in [-0.05, 0) is 37.1 Å². The highest BCUT2D eigenvalue weighted by atomic mass is 16.4. The normalized spacial score (nSPS) is 19.4. The van der Waals surface area contributed by atoms with Crippen molar-refractivity contribution in [1.29, 1.82) is 0 Å². The molecule has 1 aliphatic carbocycles. The van der Waals surface area contributed by atoms with E-state index >= 15 is 0 Å². The van der Waals surface area contributed by atoms with Gasteiger partial charge < -0.3 is 15.9 Å². The predicted molar refractivity (Wildman–Crippen MR) is 64.5 cm³/mol. The first-order valence-electron chi connectivity index (χ1n) is 5.73. The zero-order chi connectivity index (χ0) is 12.0. The van der Waals surface area contributed by atoms with Crippen molar-refractivity contribution in [2.45, 2.75) is 18.9 Å². The lowest BCUT2D eigenvalue weighted by Gasteiger charge is -2.21. The SMILES string of the molecule is NCC1(C(N)c2ccc3oc(=O)[nH]c3c2)CC1. The van der Waals surface area contributed by atoms with Gasteiger partial charge in [-0.1, -0.05) is 6.07 Å². The molecule has 1 heterocycles. The third kappa shape index (κ3) is 1.59. The molecule has 2 aromatic rings. The fourth-order valence-corrected chi connectivity index (χ4v) is 2.32. The summed E-state index contributed by atoms with van der Waals surface area (Å²) in [6, 6.07) is 5.48. The second-order valence-electron chi connectivity index (χ2n) is 4.81. The van der Waals surface area contributed by atoms with Crippen LogP contribution in [0, 0.1) is 5.41 Å². The Balaban J connectivity index is 2.03. The molecule has 90 valence electrons. The van der Waals surface area contributed by atoms with Crippen molar-refractivity contribution < 1.29 is 4.42 Å². The first-order valence-corrected chi connectivity index (χ1v) is 5.73. The molecule has 1 unspecified atom stereocenters. The summed E-state index contributed by atoms with van der Waals surface area (Å²) in [7, 11) is 0. The Hall–Kier alpha value is -1.59. The number of fused-ring (bicyclic) bond motifs is 1. The van der Waals surface area contributed by atoms with Gasteiger partial charge in [-0.15, -0.1) is 0 Å². The summed E-state index contributed by atoms with van der Waals surface area (Å²) in [4.78, 5) is 13.7. The Kier molecular flexibility index (Phi) is 2.14. The van der Waals surface area contributed by atoms with E-state index in [4.69, 9.17) is 15.9 Å². The Labute approximate surface area is 97.8 Å². The van der Waals surface area contributed by atoms with Crippen molar-refractivity contribution in [3.05, 3.63) is 34.3 Å². The van der Waals surface area contributed by atoms with Gasteiger partial charge in [0, 0.05) is 11.5 Å². The van der Waals surface area contributed by atoms with Gasteiger partial charge in [-0.25, -0.2) is 4.79 Å². The molecule has 3 rings (SSSR count). The summed E-state index contributed by atoms with van der Waals surface area (Å²) in [6.07, 6.45) is 2.15. The minimum Gasteiger partial charge on any atom is -0.408 e. The lowest BCUT2D eigenvalue weighted by atomic mass is 9.91. The van der Waals surface area contributed by atoms with Gasteiger partial charge >= 0.3 is 5.76 Å². The summed E-state index contributed by atoms with van der Waals surface area (Å²) in [5, 5.41) is 0. The van der Waals surface area contributed by atoms with Crippen LogP contribution >= 0.6 is 0 Å². The average molecular weight is 233 g/mol. The lowest BCUT2D eigenvalue weighted by Crippen LogP contribution is -2.29. The summed E-state index contributed by atoms with van der Waals surface area (Å²) in [5.74, 6) is -0.439. The average Bonchev–Trinajstić information content (AvgIpc) is 3.03. The quantitative estimate of drug-likeness (QED) is 0.732. The van der Waals surface area contributed by atoms with E-state index in [1.54, 1.807) is 6.07 Å². The number of H-pyrrole nitrogens is 1. The number of hydrogen-bond donors (Lipinski definition) is 3. The molecule has 17 heavy (non-hydrogen) atoms. The highest BCUT2D eigenvalue weighted by Crippen LogP contribution is 2.52. The van der Waals surface area contributed by atoms with E-state index in [0.29, 0.717) is 17.6 Å². The number of hydrogen-bond acceptors (Lipinski definition) is 4. The van der Waals surface area contributed by atoms with E-state index in [1.807, 2.05) is 12.1 Å². The molecule has 0 amide bonds. The van der Waals surface area contributed by atoms with Crippen LogP contribution < -0.4 is 17.2 Å². The molecule has 1 aromatic heterocycles. The molecule has 0 aliphatic heterocycles. The Morgan fingerprint density at radius 1 is 1.47 bits per heavy atom. The summed E-state index contributed by atoms with van der Waals surface area (Å²) >= 11 is 0. The molecule has 0 bridgehead atoms. The maximum Gasteiger partial charge on any atom is 0.417 e. The van der Waals surface area contributed by atoms with Crippen molar-refractivity contribution >= 4 is 11.1 Å². The lowest BCUT2D eigenvalue weighted by molar-refractivity contribution is 0.419. The van der Waals surface area contributed by atoms with Gasteiger partial charge in [-0.3, -0.25) is 4.98 Å². The number of nitrogens with one attached hydrogen (secondary N) is 1. The Morgan fingerprint density at radius 3 is 2.88 bits per heavy atom. The number of rotatable bonds is 3. The maximum absolute atomic E-state index is 11.1. The van der Waals surface area contributed by atoms with Gasteiger partial charge in [0.25, 0.3) is 0 Å². The monoisotopic (exact) mass is 233 g/mol. The molecule has 5 N–H and O–H groups in total. The van der Waals surface area contributed by atoms with E-state index in [-0.39, 0.29) is 11.5 Å². The van der Waals surface area contributed by atoms with E-state index in [9.17, 15) is 4.79 Å². The molecule has 1 fully saturated rings. The van der Waals surface area contributed by atoms with Crippen LogP contribution in [0.25, 0.3) is 11.1 Å². The summed E-state index contributed by atoms with van der Waals surface area (Å²) in [5.41, 5.74) is 14.3. The standard InChI is InChI=1S/C12H15N3O2/c13-6-12(3-4-12)10(14)7-1-2-9-8(5-7)15-11(16)17-9/h1-2,5,10H,3-4,6,13-14H2,(H,15,16). The van der Waals surface area contributed by atoms with Crippen molar-refractivity contribution in [2.75, 3.05) is 6.54 Å². The maximum atomic E-state index is 11.1. The highest BCUT2D eigenvalue weighted by molar-refractivity contribution is 5.73. The molecule has 0 saturated heterocycles. The molecule has 1 saturated carbocycles. The molecule has 0 spiro atoms. The van der Waals surface area contributed by atoms with Crippen LogP contribution in [-0.2, 0) is 0 Å². The van der Waals surface area contributed by atoms with Crippen molar-refractivity contribution in [2.24, 2.45) is 16.9 Å². The van der Waals surface area contributed by atoms with Crippen LogP contribution in [0.1, 0.15) is 24.4 Å². The van der Waals surface area contributed by atoms with Crippen LogP contribution in [0.4, 0.5) is 0 Å². The minimum absolute atomic E-state index is 0.0533. The Bertz CT molecular complexity index is 609. The van der Waals surface area contributed by atoms with Crippen molar-refractivity contribution in [3.63, 3.8) is 0 Å². The molecule has 1 aliphatic rings. The molecular formula is C12H15N3O2. The Morgan fingerprint density at radius 2 is 2.24 bits per heavy atom. The zero-order valence-corrected chi connectivity index (χ0v) is 9.40. The number of aromatic amines is 1. The first-order chi connectivity index (χ1) is 8.14. The number of nitrogens with two attached hydrogens (primary N) is 2. The van der Waals surface area contributed by atoms with E-state index < -0.39 is 5.76 Å². The second-order valence-corrected chi connectivity index (χ2v) is 4.81. The van der Waals surface area contributed by atoms with Crippen LogP contribution in [0.3, 0.4) is 0 Å². The molecule has 1 atom stereocenters. The minimum atomic E-state index is -0.439. The van der Waals surface area contributed by atoms with E-state index in [0.717, 1.165) is 18.4 Å². The fourth-order valence-electron chi connectivity index (χ4n) is 2.32. The van der Waals surface area contributed by atoms with Crippen molar-refractivity contribution in [3.8, 4) is 0 Å². The molecule has 5 nitrogen and oxygen atoms in total. The smallest absolute Gasteiger partial charge is 0.408 e. The topological polar surface area (TPSA) is 98.0 Å². The van der Waals surface area contributed by atoms with Crippen LogP contribution in [-0.4, -0.2) is 11.5 Å². The molecular weight excluding hydrogens is 218 g/mol. The number of aromatic nitrogens is 1. The third-order valence-electron chi connectivity index (χ3n) is 3.76. The van der Waals surface area contributed by atoms with Crippen LogP contribution in [0.5, 0.6) is 0 Å². The first kappa shape index (κ1) is 10.6. The molecule has 5 heteroatoms. The van der Waals surface area contributed by atoms with Gasteiger partial charge in [0.2, 0.25) is 0 Å². The fraction of sp³-hybridized carbons (Fsp3) is 0.417. The molecule has 0 radical (unpaired) electrons. The molecule has 1 aromatic carbocycles. The third-order valence-corrected chi connectivity index (χ3v) is 3.76. The summed E-state index contributed by atoms with van der Waals surface area (Å²) < 4.78 is 4.95. The van der Waals surface area contributed by atoms with Crippen molar-refractivity contribution in [1.82, 2.24) is 4.98 Å². The summed E-state index contributed by atoms with van der Waals surface area (Å²) in [6.45, 7) is 0.605.